The highest BCUT2D eigenvalue weighted by Gasteiger charge is 2.12. The first-order valence-corrected chi connectivity index (χ1v) is 6.21. The van der Waals surface area contributed by atoms with E-state index >= 15 is 0 Å². The van der Waals surface area contributed by atoms with E-state index in [2.05, 4.69) is 5.32 Å². The second-order valence-electron chi connectivity index (χ2n) is 3.77. The van der Waals surface area contributed by atoms with Gasteiger partial charge in [0.1, 0.15) is 0 Å². The molecule has 1 atom stereocenters. The standard InChI is InChI=1S/C13H18ClNO2/c1-3-11(9-13(16)17-4-2)15-12-7-5-6-10(14)8-12/h5-8,11,15H,3-4,9H2,1-2H3. The fraction of sp³-hybridized carbons (Fsp3) is 0.462. The van der Waals surface area contributed by atoms with Crippen molar-refractivity contribution >= 4 is 23.3 Å². The Balaban J connectivity index is 2.54. The highest BCUT2D eigenvalue weighted by molar-refractivity contribution is 6.30. The summed E-state index contributed by atoms with van der Waals surface area (Å²) in [5.74, 6) is -0.172. The lowest BCUT2D eigenvalue weighted by atomic mass is 10.1. The Morgan fingerprint density at radius 2 is 2.24 bits per heavy atom. The van der Waals surface area contributed by atoms with E-state index in [-0.39, 0.29) is 12.0 Å². The summed E-state index contributed by atoms with van der Waals surface area (Å²) in [5.41, 5.74) is 0.925. The van der Waals surface area contributed by atoms with Gasteiger partial charge in [-0.3, -0.25) is 4.79 Å². The Labute approximate surface area is 107 Å². The van der Waals surface area contributed by atoms with Gasteiger partial charge in [0, 0.05) is 16.8 Å². The molecule has 94 valence electrons. The largest absolute Gasteiger partial charge is 0.466 e. The van der Waals surface area contributed by atoms with Crippen molar-refractivity contribution < 1.29 is 9.53 Å². The highest BCUT2D eigenvalue weighted by Crippen LogP contribution is 2.17. The third kappa shape index (κ3) is 5.09. The van der Waals surface area contributed by atoms with E-state index in [1.165, 1.54) is 0 Å². The van der Waals surface area contributed by atoms with Crippen LogP contribution in [0.1, 0.15) is 26.7 Å². The average Bonchev–Trinajstić information content (AvgIpc) is 2.28. The Morgan fingerprint density at radius 3 is 2.82 bits per heavy atom. The summed E-state index contributed by atoms with van der Waals surface area (Å²) in [4.78, 5) is 11.4. The summed E-state index contributed by atoms with van der Waals surface area (Å²) in [6.45, 7) is 4.26. The van der Waals surface area contributed by atoms with Gasteiger partial charge >= 0.3 is 5.97 Å². The van der Waals surface area contributed by atoms with Crippen LogP contribution in [0.15, 0.2) is 24.3 Å². The van der Waals surface area contributed by atoms with Crippen LogP contribution in [0.4, 0.5) is 5.69 Å². The van der Waals surface area contributed by atoms with Crippen LogP contribution in [0.2, 0.25) is 5.02 Å². The molecule has 0 fully saturated rings. The second kappa shape index (κ2) is 7.17. The van der Waals surface area contributed by atoms with E-state index in [1.807, 2.05) is 38.1 Å². The lowest BCUT2D eigenvalue weighted by Gasteiger charge is -2.17. The van der Waals surface area contributed by atoms with E-state index in [0.29, 0.717) is 18.1 Å². The van der Waals surface area contributed by atoms with Crippen LogP contribution in [-0.4, -0.2) is 18.6 Å². The normalized spacial score (nSPS) is 11.9. The van der Waals surface area contributed by atoms with Gasteiger partial charge in [-0.15, -0.1) is 0 Å². The van der Waals surface area contributed by atoms with Crippen LogP contribution in [0.25, 0.3) is 0 Å². The van der Waals surface area contributed by atoms with Crippen molar-refractivity contribution in [1.29, 1.82) is 0 Å². The molecule has 3 nitrogen and oxygen atoms in total. The molecule has 1 aromatic carbocycles. The Bertz CT molecular complexity index is 368. The van der Waals surface area contributed by atoms with E-state index in [0.717, 1.165) is 12.1 Å². The van der Waals surface area contributed by atoms with Crippen molar-refractivity contribution in [2.24, 2.45) is 0 Å². The molecule has 0 saturated carbocycles. The Kier molecular flexibility index (Phi) is 5.84. The molecule has 0 amide bonds. The van der Waals surface area contributed by atoms with Crippen molar-refractivity contribution in [3.05, 3.63) is 29.3 Å². The molecule has 1 unspecified atom stereocenters. The van der Waals surface area contributed by atoms with E-state index in [9.17, 15) is 4.79 Å². The smallest absolute Gasteiger partial charge is 0.307 e. The number of carbonyl (C=O) groups is 1. The van der Waals surface area contributed by atoms with Gasteiger partial charge in [-0.1, -0.05) is 24.6 Å². The lowest BCUT2D eigenvalue weighted by molar-refractivity contribution is -0.143. The summed E-state index contributed by atoms with van der Waals surface area (Å²) in [5, 5.41) is 3.96. The molecule has 17 heavy (non-hydrogen) atoms. The Hall–Kier alpha value is -1.22. The molecule has 0 aromatic heterocycles. The lowest BCUT2D eigenvalue weighted by Crippen LogP contribution is -2.23. The summed E-state index contributed by atoms with van der Waals surface area (Å²) < 4.78 is 4.93. The number of nitrogens with one attached hydrogen (secondary N) is 1. The van der Waals surface area contributed by atoms with E-state index in [4.69, 9.17) is 16.3 Å². The molecule has 0 aliphatic heterocycles. The highest BCUT2D eigenvalue weighted by atomic mass is 35.5. The van der Waals surface area contributed by atoms with Crippen molar-refractivity contribution in [2.45, 2.75) is 32.7 Å². The molecule has 0 aliphatic carbocycles. The molecule has 1 rings (SSSR count). The van der Waals surface area contributed by atoms with Gasteiger partial charge in [-0.2, -0.15) is 0 Å². The van der Waals surface area contributed by atoms with Gasteiger partial charge in [0.2, 0.25) is 0 Å². The van der Waals surface area contributed by atoms with E-state index < -0.39 is 0 Å². The number of halogens is 1. The summed E-state index contributed by atoms with van der Waals surface area (Å²) in [6, 6.07) is 7.54. The number of rotatable bonds is 6. The zero-order valence-corrected chi connectivity index (χ0v) is 11.0. The molecule has 0 radical (unpaired) electrons. The van der Waals surface area contributed by atoms with Crippen molar-refractivity contribution in [3.8, 4) is 0 Å². The van der Waals surface area contributed by atoms with Crippen LogP contribution >= 0.6 is 11.6 Å². The SMILES string of the molecule is CCOC(=O)CC(CC)Nc1cccc(Cl)c1. The first-order valence-electron chi connectivity index (χ1n) is 5.83. The fourth-order valence-electron chi connectivity index (χ4n) is 1.53. The monoisotopic (exact) mass is 255 g/mol. The first-order chi connectivity index (χ1) is 8.15. The van der Waals surface area contributed by atoms with Gasteiger partial charge in [-0.05, 0) is 31.5 Å². The number of esters is 1. The summed E-state index contributed by atoms with van der Waals surface area (Å²) in [6.07, 6.45) is 1.22. The molecular formula is C13H18ClNO2. The Morgan fingerprint density at radius 1 is 1.47 bits per heavy atom. The number of benzene rings is 1. The van der Waals surface area contributed by atoms with Crippen molar-refractivity contribution in [3.63, 3.8) is 0 Å². The minimum Gasteiger partial charge on any atom is -0.466 e. The topological polar surface area (TPSA) is 38.3 Å². The van der Waals surface area contributed by atoms with Crippen LogP contribution in [0.3, 0.4) is 0 Å². The zero-order valence-electron chi connectivity index (χ0n) is 10.2. The fourth-order valence-corrected chi connectivity index (χ4v) is 1.72. The minimum atomic E-state index is -0.172. The quantitative estimate of drug-likeness (QED) is 0.791. The number of hydrogen-bond acceptors (Lipinski definition) is 3. The maximum absolute atomic E-state index is 11.4. The van der Waals surface area contributed by atoms with Gasteiger partial charge in [0.05, 0.1) is 13.0 Å². The van der Waals surface area contributed by atoms with Crippen molar-refractivity contribution in [1.82, 2.24) is 0 Å². The summed E-state index contributed by atoms with van der Waals surface area (Å²) in [7, 11) is 0. The minimum absolute atomic E-state index is 0.0764. The van der Waals surface area contributed by atoms with Gasteiger partial charge in [-0.25, -0.2) is 0 Å². The molecule has 0 aliphatic rings. The second-order valence-corrected chi connectivity index (χ2v) is 4.21. The van der Waals surface area contributed by atoms with Crippen LogP contribution in [0, 0.1) is 0 Å². The molecule has 4 heteroatoms. The average molecular weight is 256 g/mol. The molecular weight excluding hydrogens is 238 g/mol. The van der Waals surface area contributed by atoms with Gasteiger partial charge in [0.15, 0.2) is 0 Å². The maximum atomic E-state index is 11.4. The van der Waals surface area contributed by atoms with E-state index in [1.54, 1.807) is 0 Å². The maximum Gasteiger partial charge on any atom is 0.307 e. The predicted octanol–water partition coefficient (Wildman–Crippen LogP) is 3.48. The van der Waals surface area contributed by atoms with Gasteiger partial charge < -0.3 is 10.1 Å². The summed E-state index contributed by atoms with van der Waals surface area (Å²) >= 11 is 5.90. The van der Waals surface area contributed by atoms with Gasteiger partial charge in [0.25, 0.3) is 0 Å². The molecule has 0 heterocycles. The third-order valence-electron chi connectivity index (χ3n) is 2.41. The number of ether oxygens (including phenoxy) is 1. The van der Waals surface area contributed by atoms with Crippen LogP contribution in [0.5, 0.6) is 0 Å². The number of hydrogen-bond donors (Lipinski definition) is 1. The number of anilines is 1. The molecule has 0 bridgehead atoms. The first kappa shape index (κ1) is 13.8. The molecule has 0 spiro atoms. The van der Waals surface area contributed by atoms with Crippen LogP contribution in [-0.2, 0) is 9.53 Å². The van der Waals surface area contributed by atoms with Crippen molar-refractivity contribution in [2.75, 3.05) is 11.9 Å². The van der Waals surface area contributed by atoms with Crippen LogP contribution < -0.4 is 5.32 Å². The predicted molar refractivity (Wildman–Crippen MR) is 70.4 cm³/mol. The zero-order chi connectivity index (χ0) is 12.7. The molecule has 0 saturated heterocycles. The molecule has 1 N–H and O–H groups in total. The third-order valence-corrected chi connectivity index (χ3v) is 2.64. The number of carbonyl (C=O) groups excluding carboxylic acids is 1. The molecule has 1 aromatic rings.